The molecule has 0 bridgehead atoms. The summed E-state index contributed by atoms with van der Waals surface area (Å²) in [7, 11) is 0. The Balaban J connectivity index is 0.000000132. The Kier molecular flexibility index (Phi) is 5.57. The van der Waals surface area contributed by atoms with Gasteiger partial charge in [0.25, 0.3) is 0 Å². The SMILES string of the molecule is C1CCNCC1.O=CN1CCCC1. The van der Waals surface area contributed by atoms with Crippen molar-refractivity contribution in [1.82, 2.24) is 10.2 Å². The van der Waals surface area contributed by atoms with E-state index in [1.807, 2.05) is 0 Å². The molecule has 2 aliphatic rings. The van der Waals surface area contributed by atoms with E-state index in [4.69, 9.17) is 0 Å². The number of likely N-dealkylation sites (tertiary alicyclic amines) is 1. The van der Waals surface area contributed by atoms with Gasteiger partial charge in [-0.1, -0.05) is 6.42 Å². The van der Waals surface area contributed by atoms with Crippen molar-refractivity contribution >= 4 is 6.41 Å². The van der Waals surface area contributed by atoms with E-state index in [9.17, 15) is 4.79 Å². The number of hydrogen-bond acceptors (Lipinski definition) is 2. The molecule has 0 aromatic rings. The molecule has 76 valence electrons. The Bertz CT molecular complexity index is 117. The van der Waals surface area contributed by atoms with Crippen molar-refractivity contribution in [1.29, 1.82) is 0 Å². The zero-order valence-electron chi connectivity index (χ0n) is 8.30. The van der Waals surface area contributed by atoms with Crippen molar-refractivity contribution in [2.45, 2.75) is 32.1 Å². The number of hydrogen-bond donors (Lipinski definition) is 1. The first-order valence-corrected chi connectivity index (χ1v) is 5.33. The smallest absolute Gasteiger partial charge is 0.209 e. The van der Waals surface area contributed by atoms with Crippen LogP contribution in [0.15, 0.2) is 0 Å². The molecular weight excluding hydrogens is 164 g/mol. The molecular formula is C10H20N2O. The lowest BCUT2D eigenvalue weighted by Gasteiger charge is -2.08. The highest BCUT2D eigenvalue weighted by molar-refractivity contribution is 5.47. The molecule has 1 amide bonds. The van der Waals surface area contributed by atoms with E-state index < -0.39 is 0 Å². The summed E-state index contributed by atoms with van der Waals surface area (Å²) in [4.78, 5) is 11.7. The third-order valence-electron chi connectivity index (χ3n) is 2.50. The maximum Gasteiger partial charge on any atom is 0.209 e. The van der Waals surface area contributed by atoms with Gasteiger partial charge in [-0.2, -0.15) is 0 Å². The molecule has 2 heterocycles. The van der Waals surface area contributed by atoms with Crippen LogP contribution < -0.4 is 5.32 Å². The van der Waals surface area contributed by atoms with Crippen molar-refractivity contribution in [2.24, 2.45) is 0 Å². The Labute approximate surface area is 80.5 Å². The Hall–Kier alpha value is -0.570. The Morgan fingerprint density at radius 3 is 1.77 bits per heavy atom. The highest BCUT2D eigenvalue weighted by Crippen LogP contribution is 2.02. The van der Waals surface area contributed by atoms with Gasteiger partial charge in [0.2, 0.25) is 6.41 Å². The number of carbonyl (C=O) groups excluding carboxylic acids is 1. The fourth-order valence-electron chi connectivity index (χ4n) is 1.65. The van der Waals surface area contributed by atoms with Crippen molar-refractivity contribution < 1.29 is 4.79 Å². The molecule has 0 aliphatic carbocycles. The predicted molar refractivity (Wildman–Crippen MR) is 53.6 cm³/mol. The number of carbonyl (C=O) groups is 1. The summed E-state index contributed by atoms with van der Waals surface area (Å²) < 4.78 is 0. The second-order valence-corrected chi connectivity index (χ2v) is 3.66. The van der Waals surface area contributed by atoms with Crippen LogP contribution in [0.3, 0.4) is 0 Å². The van der Waals surface area contributed by atoms with Gasteiger partial charge >= 0.3 is 0 Å². The fraction of sp³-hybridized carbons (Fsp3) is 0.900. The number of nitrogens with zero attached hydrogens (tertiary/aromatic N) is 1. The van der Waals surface area contributed by atoms with Gasteiger partial charge in [-0.3, -0.25) is 4.79 Å². The normalized spacial score (nSPS) is 22.0. The minimum absolute atomic E-state index is 0.924. The van der Waals surface area contributed by atoms with Crippen LogP contribution in [-0.4, -0.2) is 37.5 Å². The molecule has 0 radical (unpaired) electrons. The molecule has 0 spiro atoms. The van der Waals surface area contributed by atoms with E-state index in [2.05, 4.69) is 5.32 Å². The lowest BCUT2D eigenvalue weighted by Crippen LogP contribution is -2.21. The highest BCUT2D eigenvalue weighted by atomic mass is 16.1. The molecule has 2 saturated heterocycles. The summed E-state index contributed by atoms with van der Waals surface area (Å²) in [6.45, 7) is 4.45. The molecule has 2 aliphatic heterocycles. The van der Waals surface area contributed by atoms with Crippen LogP contribution in [-0.2, 0) is 4.79 Å². The third-order valence-corrected chi connectivity index (χ3v) is 2.50. The van der Waals surface area contributed by atoms with Crippen molar-refractivity contribution in [3.63, 3.8) is 0 Å². The molecule has 0 atom stereocenters. The van der Waals surface area contributed by atoms with Crippen LogP contribution in [0.25, 0.3) is 0 Å². The number of rotatable bonds is 1. The molecule has 3 nitrogen and oxygen atoms in total. The van der Waals surface area contributed by atoms with Crippen LogP contribution in [0.4, 0.5) is 0 Å². The van der Waals surface area contributed by atoms with E-state index in [1.54, 1.807) is 4.90 Å². The van der Waals surface area contributed by atoms with Crippen LogP contribution in [0.5, 0.6) is 0 Å². The van der Waals surface area contributed by atoms with Crippen molar-refractivity contribution in [2.75, 3.05) is 26.2 Å². The summed E-state index contributed by atoms with van der Waals surface area (Å²) in [6, 6.07) is 0. The highest BCUT2D eigenvalue weighted by Gasteiger charge is 2.06. The maximum absolute atomic E-state index is 9.93. The maximum atomic E-state index is 9.93. The largest absolute Gasteiger partial charge is 0.345 e. The lowest BCUT2D eigenvalue weighted by atomic mass is 10.2. The second kappa shape index (κ2) is 6.89. The molecule has 1 N–H and O–H groups in total. The summed E-state index contributed by atoms with van der Waals surface area (Å²) >= 11 is 0. The van der Waals surface area contributed by atoms with E-state index >= 15 is 0 Å². The number of amides is 1. The van der Waals surface area contributed by atoms with Crippen molar-refractivity contribution in [3.8, 4) is 0 Å². The van der Waals surface area contributed by atoms with Gasteiger partial charge in [-0.15, -0.1) is 0 Å². The molecule has 0 saturated carbocycles. The zero-order chi connectivity index (χ0) is 9.36. The van der Waals surface area contributed by atoms with Gasteiger partial charge in [0.05, 0.1) is 0 Å². The van der Waals surface area contributed by atoms with Gasteiger partial charge in [0.15, 0.2) is 0 Å². The lowest BCUT2D eigenvalue weighted by molar-refractivity contribution is -0.117. The molecule has 0 aromatic heterocycles. The number of nitrogens with one attached hydrogen (secondary N) is 1. The first kappa shape index (κ1) is 10.5. The summed E-state index contributed by atoms with van der Waals surface area (Å²) in [6.07, 6.45) is 7.53. The van der Waals surface area contributed by atoms with Crippen LogP contribution in [0.2, 0.25) is 0 Å². The topological polar surface area (TPSA) is 32.3 Å². The second-order valence-electron chi connectivity index (χ2n) is 3.66. The van der Waals surface area contributed by atoms with Gasteiger partial charge in [0.1, 0.15) is 0 Å². The van der Waals surface area contributed by atoms with E-state index in [0.29, 0.717) is 0 Å². The molecule has 2 fully saturated rings. The summed E-state index contributed by atoms with van der Waals surface area (Å²) in [5, 5.41) is 3.28. The molecule has 13 heavy (non-hydrogen) atoms. The monoisotopic (exact) mass is 184 g/mol. The minimum Gasteiger partial charge on any atom is -0.345 e. The summed E-state index contributed by atoms with van der Waals surface area (Å²) in [5.74, 6) is 0. The Morgan fingerprint density at radius 2 is 1.54 bits per heavy atom. The quantitative estimate of drug-likeness (QED) is 0.617. The van der Waals surface area contributed by atoms with Crippen LogP contribution in [0.1, 0.15) is 32.1 Å². The summed E-state index contributed by atoms with van der Waals surface area (Å²) in [5.41, 5.74) is 0. The zero-order valence-corrected chi connectivity index (χ0v) is 8.30. The fourth-order valence-corrected chi connectivity index (χ4v) is 1.65. The third kappa shape index (κ3) is 4.88. The first-order valence-electron chi connectivity index (χ1n) is 5.33. The van der Waals surface area contributed by atoms with Gasteiger partial charge in [0, 0.05) is 13.1 Å². The molecule has 0 aromatic carbocycles. The number of piperidine rings is 1. The van der Waals surface area contributed by atoms with E-state index in [-0.39, 0.29) is 0 Å². The minimum atomic E-state index is 0.924. The van der Waals surface area contributed by atoms with Gasteiger partial charge < -0.3 is 10.2 Å². The van der Waals surface area contributed by atoms with Crippen LogP contribution in [0, 0.1) is 0 Å². The van der Waals surface area contributed by atoms with Crippen molar-refractivity contribution in [3.05, 3.63) is 0 Å². The average molecular weight is 184 g/mol. The van der Waals surface area contributed by atoms with Gasteiger partial charge in [-0.05, 0) is 38.8 Å². The molecule has 3 heteroatoms. The standard InChI is InChI=1S/C5H9NO.C5H11N/c7-5-6-3-1-2-4-6;1-2-4-6-5-3-1/h5H,1-4H2;6H,1-5H2. The molecule has 0 unspecified atom stereocenters. The predicted octanol–water partition coefficient (Wildman–Crippen LogP) is 0.998. The van der Waals surface area contributed by atoms with E-state index in [0.717, 1.165) is 19.5 Å². The van der Waals surface area contributed by atoms with Crippen LogP contribution >= 0.6 is 0 Å². The van der Waals surface area contributed by atoms with E-state index in [1.165, 1.54) is 45.2 Å². The van der Waals surface area contributed by atoms with Gasteiger partial charge in [-0.25, -0.2) is 0 Å². The average Bonchev–Trinajstić information content (AvgIpc) is 2.74. The molecule has 2 rings (SSSR count). The Morgan fingerprint density at radius 1 is 0.923 bits per heavy atom. The first-order chi connectivity index (χ1) is 6.43.